The van der Waals surface area contributed by atoms with Crippen LogP contribution in [0.5, 0.6) is 0 Å². The molecule has 0 amide bonds. The van der Waals surface area contributed by atoms with Crippen LogP contribution in [-0.2, 0) is 8.23 Å². The Bertz CT molecular complexity index is 1160. The van der Waals surface area contributed by atoms with Crippen LogP contribution in [0.2, 0.25) is 25.2 Å². The van der Waals surface area contributed by atoms with Gasteiger partial charge in [-0.2, -0.15) is 0 Å². The van der Waals surface area contributed by atoms with E-state index >= 15 is 0 Å². The Morgan fingerprint density at radius 1 is 0.462 bits per heavy atom. The minimum atomic E-state index is -3.24. The van der Waals surface area contributed by atoms with E-state index in [9.17, 15) is 0 Å². The zero-order valence-electron chi connectivity index (χ0n) is 23.3. The Labute approximate surface area is 237 Å². The van der Waals surface area contributed by atoms with Crippen LogP contribution in [0, 0.1) is 0 Å². The maximum absolute atomic E-state index is 7.79. The van der Waals surface area contributed by atoms with Gasteiger partial charge in [0.25, 0.3) is 0 Å². The summed E-state index contributed by atoms with van der Waals surface area (Å²) < 4.78 is 15.6. The van der Waals surface area contributed by atoms with Crippen molar-refractivity contribution in [2.24, 2.45) is 11.5 Å². The first-order valence-electron chi connectivity index (χ1n) is 14.0. The van der Waals surface area contributed by atoms with E-state index in [2.05, 4.69) is 134 Å². The number of hydrogen-bond donors (Lipinski definition) is 2. The smallest absolute Gasteiger partial charge is 0.387 e. The second kappa shape index (κ2) is 13.6. The Morgan fingerprint density at radius 2 is 0.744 bits per heavy atom. The molecule has 0 aromatic heterocycles. The van der Waals surface area contributed by atoms with Crippen molar-refractivity contribution < 1.29 is 8.23 Å². The Balaban J connectivity index is 1.97. The average Bonchev–Trinajstić information content (AvgIpc) is 3.00. The first kappa shape index (κ1) is 29.4. The van der Waals surface area contributed by atoms with Crippen molar-refractivity contribution in [2.75, 3.05) is 13.1 Å². The van der Waals surface area contributed by atoms with E-state index in [0.717, 1.165) is 35.3 Å². The normalized spacial score (nSPS) is 14.9. The molecule has 0 heterocycles. The molecule has 4 N–H and O–H groups in total. The highest BCUT2D eigenvalue weighted by molar-refractivity contribution is 7.06. The summed E-state index contributed by atoms with van der Waals surface area (Å²) in [7, 11) is -8.29. The minimum Gasteiger partial charge on any atom is -0.426 e. The van der Waals surface area contributed by atoms with Crippen LogP contribution < -0.4 is 32.2 Å². The molecule has 0 aliphatic rings. The van der Waals surface area contributed by atoms with Gasteiger partial charge in [0.15, 0.2) is 0 Å². The molecular weight excluding hydrogens is 529 g/mol. The lowest BCUT2D eigenvalue weighted by Gasteiger charge is -2.45. The molecule has 4 aromatic rings. The molecule has 0 aliphatic heterocycles. The fourth-order valence-electron chi connectivity index (χ4n) is 5.34. The molecular formula is C32H42N2O2Si3. The highest BCUT2D eigenvalue weighted by Gasteiger charge is 2.53. The lowest BCUT2D eigenvalue weighted by molar-refractivity contribution is 0.410. The third kappa shape index (κ3) is 6.93. The summed E-state index contributed by atoms with van der Waals surface area (Å²) in [5.74, 6) is 0. The van der Waals surface area contributed by atoms with E-state index in [-0.39, 0.29) is 0 Å². The summed E-state index contributed by atoms with van der Waals surface area (Å²) in [6.07, 6.45) is 1.82. The maximum atomic E-state index is 7.79. The fourth-order valence-corrected chi connectivity index (χ4v) is 20.3. The van der Waals surface area contributed by atoms with E-state index in [1.807, 2.05) is 0 Å². The van der Waals surface area contributed by atoms with Crippen LogP contribution in [0.4, 0.5) is 0 Å². The van der Waals surface area contributed by atoms with Gasteiger partial charge in [-0.3, -0.25) is 0 Å². The zero-order valence-corrected chi connectivity index (χ0v) is 26.3. The molecule has 7 heteroatoms. The summed E-state index contributed by atoms with van der Waals surface area (Å²) >= 11 is 0. The van der Waals surface area contributed by atoms with E-state index < -0.39 is 25.2 Å². The molecule has 0 bridgehead atoms. The monoisotopic (exact) mass is 570 g/mol. The van der Waals surface area contributed by atoms with Crippen LogP contribution in [-0.4, -0.2) is 38.3 Å². The van der Waals surface area contributed by atoms with E-state index in [0.29, 0.717) is 13.1 Å². The molecule has 0 saturated heterocycles. The minimum absolute atomic E-state index is 0.637. The van der Waals surface area contributed by atoms with Crippen molar-refractivity contribution in [2.45, 2.75) is 38.0 Å². The van der Waals surface area contributed by atoms with Gasteiger partial charge in [0.05, 0.1) is 0 Å². The van der Waals surface area contributed by atoms with Crippen LogP contribution in [0.1, 0.15) is 12.8 Å². The SMILES string of the molecule is C[Si](CCCN)(O[Si](O[Si](C)(CCCN)c1ccccc1)(c1ccccc1)c1ccccc1)c1ccccc1. The van der Waals surface area contributed by atoms with Gasteiger partial charge in [-0.1, -0.05) is 121 Å². The van der Waals surface area contributed by atoms with E-state index in [1.165, 1.54) is 10.4 Å². The third-order valence-electron chi connectivity index (χ3n) is 7.53. The molecule has 0 aliphatic carbocycles. The Kier molecular flexibility index (Phi) is 10.3. The van der Waals surface area contributed by atoms with E-state index in [1.54, 1.807) is 0 Å². The summed E-state index contributed by atoms with van der Waals surface area (Å²) in [6.45, 7) is 5.96. The van der Waals surface area contributed by atoms with Gasteiger partial charge in [0, 0.05) is 0 Å². The van der Waals surface area contributed by atoms with Gasteiger partial charge in [-0.25, -0.2) is 0 Å². The molecule has 204 valence electrons. The second-order valence-electron chi connectivity index (χ2n) is 10.5. The second-order valence-corrected chi connectivity index (χ2v) is 21.6. The van der Waals surface area contributed by atoms with E-state index in [4.69, 9.17) is 19.7 Å². The summed E-state index contributed by atoms with van der Waals surface area (Å²) in [4.78, 5) is 0. The Morgan fingerprint density at radius 3 is 1.03 bits per heavy atom. The molecule has 0 spiro atoms. The topological polar surface area (TPSA) is 70.5 Å². The third-order valence-corrected chi connectivity index (χ3v) is 21.3. The standard InChI is InChI=1S/C32H42N2O2Si3/c1-37(27-15-25-33,29-17-7-3-8-18-29)35-39(31-21-11-5-12-22-31,32-23-13-6-14-24-32)36-38(2,28-16-26-34)30-19-9-4-10-20-30/h3-14,17-24H,15-16,25-28,33-34H2,1-2H3. The Hall–Kier alpha value is -2.63. The van der Waals surface area contributed by atoms with Crippen molar-refractivity contribution in [3.63, 3.8) is 0 Å². The predicted octanol–water partition coefficient (Wildman–Crippen LogP) is 3.94. The quantitative estimate of drug-likeness (QED) is 0.225. The lowest BCUT2D eigenvalue weighted by atomic mass is 10.4. The molecule has 0 radical (unpaired) electrons. The molecule has 0 fully saturated rings. The molecule has 4 aromatic carbocycles. The van der Waals surface area contributed by atoms with Crippen LogP contribution in [0.15, 0.2) is 121 Å². The van der Waals surface area contributed by atoms with Crippen LogP contribution >= 0.6 is 0 Å². The van der Waals surface area contributed by atoms with Crippen molar-refractivity contribution in [3.8, 4) is 0 Å². The van der Waals surface area contributed by atoms with Gasteiger partial charge in [-0.15, -0.1) is 0 Å². The van der Waals surface area contributed by atoms with Gasteiger partial charge in [0.2, 0.25) is 16.6 Å². The van der Waals surface area contributed by atoms with Crippen molar-refractivity contribution in [3.05, 3.63) is 121 Å². The van der Waals surface area contributed by atoms with Crippen molar-refractivity contribution in [1.29, 1.82) is 0 Å². The van der Waals surface area contributed by atoms with Crippen molar-refractivity contribution >= 4 is 45.9 Å². The number of nitrogens with two attached hydrogens (primary N) is 2. The summed E-state index contributed by atoms with van der Waals surface area (Å²) in [6, 6.07) is 44.7. The summed E-state index contributed by atoms with van der Waals surface area (Å²) in [5, 5.41) is 4.83. The summed E-state index contributed by atoms with van der Waals surface area (Å²) in [5.41, 5.74) is 12.1. The fraction of sp³-hybridized carbons (Fsp3) is 0.250. The highest BCUT2D eigenvalue weighted by atomic mass is 28.5. The number of rotatable bonds is 14. The first-order chi connectivity index (χ1) is 19.0. The van der Waals surface area contributed by atoms with Crippen molar-refractivity contribution in [1.82, 2.24) is 0 Å². The van der Waals surface area contributed by atoms with Crippen LogP contribution in [0.3, 0.4) is 0 Å². The molecule has 2 unspecified atom stereocenters. The largest absolute Gasteiger partial charge is 0.426 e. The van der Waals surface area contributed by atoms with Gasteiger partial charge >= 0.3 is 8.56 Å². The maximum Gasteiger partial charge on any atom is 0.387 e. The first-order valence-corrected chi connectivity index (χ1v) is 21.0. The molecule has 39 heavy (non-hydrogen) atoms. The molecule has 4 nitrogen and oxygen atoms in total. The van der Waals surface area contributed by atoms with Gasteiger partial charge in [-0.05, 0) is 71.9 Å². The average molecular weight is 571 g/mol. The van der Waals surface area contributed by atoms with Gasteiger partial charge < -0.3 is 19.7 Å². The molecule has 2 atom stereocenters. The zero-order chi connectivity index (χ0) is 27.6. The molecule has 0 saturated carbocycles. The number of benzene rings is 4. The van der Waals surface area contributed by atoms with Gasteiger partial charge in [0.1, 0.15) is 0 Å². The van der Waals surface area contributed by atoms with Crippen LogP contribution in [0.25, 0.3) is 0 Å². The predicted molar refractivity (Wildman–Crippen MR) is 172 cm³/mol. The number of hydrogen-bond acceptors (Lipinski definition) is 4. The molecule has 4 rings (SSSR count). The lowest BCUT2D eigenvalue weighted by Crippen LogP contribution is -2.74. The highest BCUT2D eigenvalue weighted by Crippen LogP contribution is 2.27.